The van der Waals surface area contributed by atoms with Crippen LogP contribution in [0.25, 0.3) is 0 Å². The number of anilines is 1. The zero-order valence-electron chi connectivity index (χ0n) is 15.4. The summed E-state index contributed by atoms with van der Waals surface area (Å²) in [7, 11) is 1.60. The van der Waals surface area contributed by atoms with Crippen molar-refractivity contribution in [2.75, 3.05) is 31.7 Å². The Balaban J connectivity index is 1.70. The zero-order valence-corrected chi connectivity index (χ0v) is 17.0. The van der Waals surface area contributed by atoms with Crippen molar-refractivity contribution >= 4 is 46.5 Å². The average Bonchev–Trinajstić information content (AvgIpc) is 3.20. The number of para-hydroxylation sites is 1. The summed E-state index contributed by atoms with van der Waals surface area (Å²) in [5, 5.41) is 7.46. The maximum atomic E-state index is 12.2. The first-order chi connectivity index (χ1) is 13.0. The van der Waals surface area contributed by atoms with Crippen LogP contribution in [0.5, 0.6) is 0 Å². The highest BCUT2D eigenvalue weighted by atomic mass is 32.2. The fourth-order valence-electron chi connectivity index (χ4n) is 2.37. The summed E-state index contributed by atoms with van der Waals surface area (Å²) in [6.45, 7) is 0.409. The van der Waals surface area contributed by atoms with Gasteiger partial charge in [0, 0.05) is 24.9 Å². The minimum atomic E-state index is -0.238. The van der Waals surface area contributed by atoms with Crippen LogP contribution in [0.15, 0.2) is 46.7 Å². The van der Waals surface area contributed by atoms with Gasteiger partial charge in [-0.05, 0) is 36.3 Å². The Morgan fingerprint density at radius 1 is 1.15 bits per heavy atom. The van der Waals surface area contributed by atoms with Gasteiger partial charge in [-0.15, -0.1) is 23.1 Å². The van der Waals surface area contributed by atoms with Gasteiger partial charge in [0.05, 0.1) is 17.1 Å². The van der Waals surface area contributed by atoms with E-state index in [1.807, 2.05) is 42.0 Å². The molecule has 1 aromatic heterocycles. The number of thiophene rings is 1. The lowest BCUT2D eigenvalue weighted by Crippen LogP contribution is -2.35. The van der Waals surface area contributed by atoms with Crippen molar-refractivity contribution < 1.29 is 14.4 Å². The molecule has 2 rings (SSSR count). The average molecular weight is 406 g/mol. The molecule has 0 aliphatic heterocycles. The fourth-order valence-corrected chi connectivity index (χ4v) is 3.56. The number of carbonyl (C=O) groups is 3. The Labute approximate surface area is 167 Å². The van der Waals surface area contributed by atoms with E-state index >= 15 is 0 Å². The van der Waals surface area contributed by atoms with Gasteiger partial charge in [0.1, 0.15) is 0 Å². The number of thioether (sulfide) groups is 1. The van der Waals surface area contributed by atoms with Crippen LogP contribution in [0.3, 0.4) is 0 Å². The normalized spacial score (nSPS) is 10.3. The van der Waals surface area contributed by atoms with E-state index in [-0.39, 0.29) is 30.7 Å². The highest BCUT2D eigenvalue weighted by Crippen LogP contribution is 2.24. The third-order valence-corrected chi connectivity index (χ3v) is 5.45. The summed E-state index contributed by atoms with van der Waals surface area (Å²) in [4.78, 5) is 39.2. The number of rotatable bonds is 9. The lowest BCUT2D eigenvalue weighted by molar-refractivity contribution is -0.133. The Bertz CT molecular complexity index is 778. The van der Waals surface area contributed by atoms with Gasteiger partial charge in [-0.2, -0.15) is 0 Å². The standard InChI is InChI=1S/C19H23N3O3S2/c1-22(13-17(23)21-14-7-3-4-8-15(14)26-2)18(24)10-5-11-20-19(25)16-9-6-12-27-16/h3-4,6-9,12H,5,10-11,13H2,1-2H3,(H,20,25)(H,21,23). The van der Waals surface area contributed by atoms with Gasteiger partial charge < -0.3 is 15.5 Å². The van der Waals surface area contributed by atoms with Gasteiger partial charge in [-0.25, -0.2) is 0 Å². The SMILES string of the molecule is CSc1ccccc1NC(=O)CN(C)C(=O)CCCNC(=O)c1cccs1. The van der Waals surface area contributed by atoms with Gasteiger partial charge in [-0.1, -0.05) is 18.2 Å². The lowest BCUT2D eigenvalue weighted by Gasteiger charge is -2.17. The van der Waals surface area contributed by atoms with Crippen LogP contribution in [-0.4, -0.2) is 49.0 Å². The summed E-state index contributed by atoms with van der Waals surface area (Å²) in [6, 6.07) is 11.1. The molecule has 0 aliphatic rings. The first kappa shape index (κ1) is 21.0. The maximum absolute atomic E-state index is 12.2. The number of likely N-dealkylation sites (N-methyl/N-ethyl adjacent to an activating group) is 1. The van der Waals surface area contributed by atoms with Crippen LogP contribution in [0.1, 0.15) is 22.5 Å². The second kappa shape index (κ2) is 10.7. The monoisotopic (exact) mass is 405 g/mol. The van der Waals surface area contributed by atoms with E-state index in [9.17, 15) is 14.4 Å². The molecule has 1 heterocycles. The molecule has 3 amide bonds. The Morgan fingerprint density at radius 3 is 2.63 bits per heavy atom. The first-order valence-electron chi connectivity index (χ1n) is 8.49. The molecule has 1 aromatic carbocycles. The van der Waals surface area contributed by atoms with E-state index in [2.05, 4.69) is 10.6 Å². The van der Waals surface area contributed by atoms with Crippen molar-refractivity contribution in [3.05, 3.63) is 46.7 Å². The molecule has 0 saturated carbocycles. The van der Waals surface area contributed by atoms with E-state index in [0.29, 0.717) is 17.8 Å². The Morgan fingerprint density at radius 2 is 1.93 bits per heavy atom. The number of hydrogen-bond acceptors (Lipinski definition) is 5. The second-order valence-electron chi connectivity index (χ2n) is 5.84. The van der Waals surface area contributed by atoms with E-state index < -0.39 is 0 Å². The lowest BCUT2D eigenvalue weighted by atomic mass is 10.2. The van der Waals surface area contributed by atoms with Crippen LogP contribution in [0.4, 0.5) is 5.69 Å². The van der Waals surface area contributed by atoms with Crippen LogP contribution < -0.4 is 10.6 Å². The van der Waals surface area contributed by atoms with Gasteiger partial charge in [-0.3, -0.25) is 14.4 Å². The summed E-state index contributed by atoms with van der Waals surface area (Å²) < 4.78 is 0. The summed E-state index contributed by atoms with van der Waals surface area (Å²) in [5.41, 5.74) is 0.743. The van der Waals surface area contributed by atoms with Crippen LogP contribution in [0.2, 0.25) is 0 Å². The molecule has 144 valence electrons. The molecule has 6 nitrogen and oxygen atoms in total. The number of hydrogen-bond donors (Lipinski definition) is 2. The van der Waals surface area contributed by atoms with Crippen molar-refractivity contribution in [3.8, 4) is 0 Å². The quantitative estimate of drug-likeness (QED) is 0.496. The number of carbonyl (C=O) groups excluding carboxylic acids is 3. The molecule has 0 aliphatic carbocycles. The van der Waals surface area contributed by atoms with Crippen LogP contribution in [-0.2, 0) is 9.59 Å². The van der Waals surface area contributed by atoms with Gasteiger partial charge in [0.15, 0.2) is 0 Å². The molecule has 2 N–H and O–H groups in total. The van der Waals surface area contributed by atoms with Gasteiger partial charge in [0.25, 0.3) is 5.91 Å². The first-order valence-corrected chi connectivity index (χ1v) is 10.6. The molecular weight excluding hydrogens is 382 g/mol. The molecule has 27 heavy (non-hydrogen) atoms. The third-order valence-electron chi connectivity index (χ3n) is 3.79. The van der Waals surface area contributed by atoms with Crippen LogP contribution in [0, 0.1) is 0 Å². The van der Waals surface area contributed by atoms with Crippen molar-refractivity contribution in [1.82, 2.24) is 10.2 Å². The molecule has 0 atom stereocenters. The molecule has 0 radical (unpaired) electrons. The summed E-state index contributed by atoms with van der Waals surface area (Å²) in [6.07, 6.45) is 2.74. The minimum absolute atomic E-state index is 0.0108. The van der Waals surface area contributed by atoms with Crippen molar-refractivity contribution in [2.24, 2.45) is 0 Å². The third kappa shape index (κ3) is 6.73. The minimum Gasteiger partial charge on any atom is -0.351 e. The van der Waals surface area contributed by atoms with Crippen LogP contribution >= 0.6 is 23.1 Å². The second-order valence-corrected chi connectivity index (χ2v) is 7.63. The smallest absolute Gasteiger partial charge is 0.261 e. The highest BCUT2D eigenvalue weighted by molar-refractivity contribution is 7.98. The topological polar surface area (TPSA) is 78.5 Å². The predicted molar refractivity (Wildman–Crippen MR) is 110 cm³/mol. The van der Waals surface area contributed by atoms with Gasteiger partial charge >= 0.3 is 0 Å². The molecular formula is C19H23N3O3S2. The molecule has 0 saturated heterocycles. The van der Waals surface area contributed by atoms with E-state index in [1.165, 1.54) is 16.2 Å². The van der Waals surface area contributed by atoms with E-state index in [4.69, 9.17) is 0 Å². The largest absolute Gasteiger partial charge is 0.351 e. The predicted octanol–water partition coefficient (Wildman–Crippen LogP) is 3.08. The van der Waals surface area contributed by atoms with Crippen molar-refractivity contribution in [2.45, 2.75) is 17.7 Å². The molecule has 8 heteroatoms. The number of benzene rings is 1. The Hall–Kier alpha value is -2.32. The maximum Gasteiger partial charge on any atom is 0.261 e. The van der Waals surface area contributed by atoms with Crippen molar-refractivity contribution in [1.29, 1.82) is 0 Å². The Kier molecular flexibility index (Phi) is 8.35. The van der Waals surface area contributed by atoms with E-state index in [1.54, 1.807) is 24.9 Å². The molecule has 0 spiro atoms. The summed E-state index contributed by atoms with van der Waals surface area (Å²) >= 11 is 2.93. The molecule has 0 bridgehead atoms. The number of nitrogens with zero attached hydrogens (tertiary/aromatic N) is 1. The molecule has 2 aromatic rings. The van der Waals surface area contributed by atoms with Gasteiger partial charge in [0.2, 0.25) is 11.8 Å². The van der Waals surface area contributed by atoms with Crippen molar-refractivity contribution in [3.63, 3.8) is 0 Å². The number of nitrogens with one attached hydrogen (secondary N) is 2. The zero-order chi connectivity index (χ0) is 19.6. The highest BCUT2D eigenvalue weighted by Gasteiger charge is 2.14. The summed E-state index contributed by atoms with van der Waals surface area (Å²) in [5.74, 6) is -0.496. The van der Waals surface area contributed by atoms with E-state index in [0.717, 1.165) is 10.6 Å². The molecule has 0 unspecified atom stereocenters. The molecule has 0 fully saturated rings. The number of amides is 3. The fraction of sp³-hybridized carbons (Fsp3) is 0.316.